The molecule has 0 atom stereocenters. The van der Waals surface area contributed by atoms with Gasteiger partial charge in [0.1, 0.15) is 5.75 Å². The zero-order chi connectivity index (χ0) is 13.1. The van der Waals surface area contributed by atoms with Crippen LogP contribution in [0.2, 0.25) is 0 Å². The number of carbonyl (C=O) groups is 1. The second-order valence-electron chi connectivity index (χ2n) is 4.71. The molecule has 2 aromatic rings. The Morgan fingerprint density at radius 3 is 2.72 bits per heavy atom. The summed E-state index contributed by atoms with van der Waals surface area (Å²) in [6, 6.07) is 10.6. The Hall–Kier alpha value is -2.03. The van der Waals surface area contributed by atoms with Gasteiger partial charge in [0.2, 0.25) is 0 Å². The Balaban J connectivity index is 2.31. The highest BCUT2D eigenvalue weighted by atomic mass is 16.5. The summed E-state index contributed by atoms with van der Waals surface area (Å²) in [6.45, 7) is 4.34. The summed E-state index contributed by atoms with van der Waals surface area (Å²) in [6.07, 6.45) is 0. The Morgan fingerprint density at radius 2 is 2.00 bits per heavy atom. The van der Waals surface area contributed by atoms with Crippen molar-refractivity contribution in [2.24, 2.45) is 5.92 Å². The molecule has 1 N–H and O–H groups in total. The van der Waals surface area contributed by atoms with Gasteiger partial charge in [-0.05, 0) is 23.4 Å². The monoisotopic (exact) mass is 244 g/mol. The molecule has 0 fully saturated rings. The highest BCUT2D eigenvalue weighted by Crippen LogP contribution is 2.26. The molecule has 0 heterocycles. The third-order valence-electron chi connectivity index (χ3n) is 2.62. The van der Waals surface area contributed by atoms with Crippen LogP contribution in [0.4, 0.5) is 0 Å². The van der Waals surface area contributed by atoms with E-state index < -0.39 is 5.97 Å². The Labute approximate surface area is 106 Å². The van der Waals surface area contributed by atoms with E-state index in [2.05, 4.69) is 0 Å². The van der Waals surface area contributed by atoms with Crippen LogP contribution >= 0.6 is 0 Å². The standard InChI is InChI=1S/C15H16O3/c1-10(2)9-18-15(17)12-7-11-5-3-4-6-13(11)14(16)8-12/h3-8,10,16H,9H2,1-2H3. The lowest BCUT2D eigenvalue weighted by atomic mass is 10.1. The van der Waals surface area contributed by atoms with Crippen molar-refractivity contribution in [2.75, 3.05) is 6.61 Å². The molecule has 18 heavy (non-hydrogen) atoms. The van der Waals surface area contributed by atoms with Gasteiger partial charge in [0.25, 0.3) is 0 Å². The first kappa shape index (κ1) is 12.4. The fraction of sp³-hybridized carbons (Fsp3) is 0.267. The van der Waals surface area contributed by atoms with Gasteiger partial charge in [-0.15, -0.1) is 0 Å². The maximum Gasteiger partial charge on any atom is 0.338 e. The highest BCUT2D eigenvalue weighted by Gasteiger charge is 2.11. The lowest BCUT2D eigenvalue weighted by Gasteiger charge is -2.08. The number of benzene rings is 2. The molecule has 94 valence electrons. The summed E-state index contributed by atoms with van der Waals surface area (Å²) >= 11 is 0. The molecule has 0 aliphatic rings. The van der Waals surface area contributed by atoms with Crippen molar-refractivity contribution in [2.45, 2.75) is 13.8 Å². The molecular weight excluding hydrogens is 228 g/mol. The third-order valence-corrected chi connectivity index (χ3v) is 2.62. The molecule has 0 unspecified atom stereocenters. The number of phenols is 1. The van der Waals surface area contributed by atoms with Crippen molar-refractivity contribution >= 4 is 16.7 Å². The van der Waals surface area contributed by atoms with E-state index in [1.54, 1.807) is 6.07 Å². The molecule has 0 aromatic heterocycles. The van der Waals surface area contributed by atoms with E-state index in [0.29, 0.717) is 18.1 Å². The number of hydrogen-bond donors (Lipinski definition) is 1. The third kappa shape index (κ3) is 2.62. The van der Waals surface area contributed by atoms with Crippen molar-refractivity contribution in [1.82, 2.24) is 0 Å². The van der Waals surface area contributed by atoms with Gasteiger partial charge in [-0.25, -0.2) is 4.79 Å². The van der Waals surface area contributed by atoms with E-state index in [0.717, 1.165) is 10.8 Å². The zero-order valence-corrected chi connectivity index (χ0v) is 10.5. The molecule has 3 heteroatoms. The van der Waals surface area contributed by atoms with Crippen LogP contribution in [0.3, 0.4) is 0 Å². The van der Waals surface area contributed by atoms with Crippen LogP contribution in [0.1, 0.15) is 24.2 Å². The molecule has 0 spiro atoms. The maximum atomic E-state index is 11.8. The van der Waals surface area contributed by atoms with E-state index in [1.807, 2.05) is 38.1 Å². The number of aromatic hydroxyl groups is 1. The number of phenolic OH excluding ortho intramolecular Hbond substituents is 1. The van der Waals surface area contributed by atoms with Crippen LogP contribution in [0.25, 0.3) is 10.8 Å². The van der Waals surface area contributed by atoms with E-state index in [-0.39, 0.29) is 5.75 Å². The van der Waals surface area contributed by atoms with Crippen LogP contribution in [0.5, 0.6) is 5.75 Å². The highest BCUT2D eigenvalue weighted by molar-refractivity contribution is 5.98. The van der Waals surface area contributed by atoms with E-state index >= 15 is 0 Å². The van der Waals surface area contributed by atoms with Gasteiger partial charge < -0.3 is 9.84 Å². The Morgan fingerprint density at radius 1 is 1.28 bits per heavy atom. The molecule has 2 rings (SSSR count). The molecule has 3 nitrogen and oxygen atoms in total. The van der Waals surface area contributed by atoms with Gasteiger partial charge in [0.15, 0.2) is 0 Å². The largest absolute Gasteiger partial charge is 0.507 e. The number of esters is 1. The van der Waals surface area contributed by atoms with Crippen LogP contribution in [-0.4, -0.2) is 17.7 Å². The van der Waals surface area contributed by atoms with Crippen molar-refractivity contribution in [3.05, 3.63) is 42.0 Å². The number of fused-ring (bicyclic) bond motifs is 1. The van der Waals surface area contributed by atoms with Gasteiger partial charge in [-0.2, -0.15) is 0 Å². The Bertz CT molecular complexity index is 573. The molecule has 0 saturated carbocycles. The van der Waals surface area contributed by atoms with Crippen LogP contribution < -0.4 is 0 Å². The minimum absolute atomic E-state index is 0.101. The van der Waals surface area contributed by atoms with Crippen molar-refractivity contribution in [3.8, 4) is 5.75 Å². The molecule has 0 amide bonds. The SMILES string of the molecule is CC(C)COC(=O)c1cc(O)c2ccccc2c1. The molecule has 0 aliphatic carbocycles. The summed E-state index contributed by atoms with van der Waals surface area (Å²) < 4.78 is 5.14. The van der Waals surface area contributed by atoms with E-state index in [9.17, 15) is 9.90 Å². The van der Waals surface area contributed by atoms with E-state index in [1.165, 1.54) is 6.07 Å². The lowest BCUT2D eigenvalue weighted by molar-refractivity contribution is 0.0458. The van der Waals surface area contributed by atoms with E-state index in [4.69, 9.17) is 4.74 Å². The second-order valence-corrected chi connectivity index (χ2v) is 4.71. The average molecular weight is 244 g/mol. The van der Waals surface area contributed by atoms with Crippen LogP contribution in [0, 0.1) is 5.92 Å². The van der Waals surface area contributed by atoms with Gasteiger partial charge in [-0.3, -0.25) is 0 Å². The molecule has 0 saturated heterocycles. The number of carbonyl (C=O) groups excluding carboxylic acids is 1. The van der Waals surface area contributed by atoms with Crippen molar-refractivity contribution in [1.29, 1.82) is 0 Å². The average Bonchev–Trinajstić information content (AvgIpc) is 2.36. The minimum atomic E-state index is -0.398. The smallest absolute Gasteiger partial charge is 0.338 e. The quantitative estimate of drug-likeness (QED) is 0.842. The lowest BCUT2D eigenvalue weighted by Crippen LogP contribution is -2.10. The number of hydrogen-bond acceptors (Lipinski definition) is 3. The molecule has 0 aliphatic heterocycles. The van der Waals surface area contributed by atoms with Gasteiger partial charge in [-0.1, -0.05) is 38.1 Å². The Kier molecular flexibility index (Phi) is 3.51. The normalized spacial score (nSPS) is 10.8. The predicted octanol–water partition coefficient (Wildman–Crippen LogP) is 3.36. The number of ether oxygens (including phenoxy) is 1. The molecule has 0 bridgehead atoms. The topological polar surface area (TPSA) is 46.5 Å². The van der Waals surface area contributed by atoms with Gasteiger partial charge in [0.05, 0.1) is 12.2 Å². The predicted molar refractivity (Wildman–Crippen MR) is 70.7 cm³/mol. The second kappa shape index (κ2) is 5.08. The van der Waals surface area contributed by atoms with Crippen LogP contribution in [0.15, 0.2) is 36.4 Å². The summed E-state index contributed by atoms with van der Waals surface area (Å²) in [5.41, 5.74) is 0.381. The van der Waals surface area contributed by atoms with Crippen LogP contribution in [-0.2, 0) is 4.74 Å². The van der Waals surface area contributed by atoms with Gasteiger partial charge in [0, 0.05) is 5.39 Å². The first-order valence-corrected chi connectivity index (χ1v) is 5.97. The minimum Gasteiger partial charge on any atom is -0.507 e. The fourth-order valence-electron chi connectivity index (χ4n) is 1.73. The zero-order valence-electron chi connectivity index (χ0n) is 10.5. The fourth-order valence-corrected chi connectivity index (χ4v) is 1.73. The first-order chi connectivity index (χ1) is 8.58. The first-order valence-electron chi connectivity index (χ1n) is 5.97. The van der Waals surface area contributed by atoms with Crippen molar-refractivity contribution in [3.63, 3.8) is 0 Å². The van der Waals surface area contributed by atoms with Crippen molar-refractivity contribution < 1.29 is 14.6 Å². The maximum absolute atomic E-state index is 11.8. The summed E-state index contributed by atoms with van der Waals surface area (Å²) in [7, 11) is 0. The molecule has 2 aromatic carbocycles. The number of rotatable bonds is 3. The molecular formula is C15H16O3. The molecule has 0 radical (unpaired) electrons. The summed E-state index contributed by atoms with van der Waals surface area (Å²) in [4.78, 5) is 11.8. The van der Waals surface area contributed by atoms with Gasteiger partial charge >= 0.3 is 5.97 Å². The summed E-state index contributed by atoms with van der Waals surface area (Å²) in [5.74, 6) is -0.00245. The summed E-state index contributed by atoms with van der Waals surface area (Å²) in [5, 5.41) is 11.4.